The molecule has 0 fully saturated rings. The molecule has 0 aliphatic rings. The first kappa shape index (κ1) is 31.0. The van der Waals surface area contributed by atoms with Gasteiger partial charge in [0.2, 0.25) is 5.95 Å². The smallest absolute Gasteiger partial charge is 0.307 e. The van der Waals surface area contributed by atoms with Crippen molar-refractivity contribution in [3.8, 4) is 62.1 Å². The van der Waals surface area contributed by atoms with E-state index < -0.39 is 0 Å². The van der Waals surface area contributed by atoms with Gasteiger partial charge >= 0.3 is 5.84 Å². The van der Waals surface area contributed by atoms with Crippen molar-refractivity contribution in [3.63, 3.8) is 0 Å². The first-order valence-corrected chi connectivity index (χ1v) is 18.4. The summed E-state index contributed by atoms with van der Waals surface area (Å²) in [5.41, 5.74) is 13.8. The number of rotatable bonds is 6. The van der Waals surface area contributed by atoms with Crippen LogP contribution in [0.25, 0.3) is 101 Å². The normalized spacial score (nSPS) is 11.6. The summed E-state index contributed by atoms with van der Waals surface area (Å²) in [5.74, 6) is 1.19. The minimum atomic E-state index is 0.566. The fourth-order valence-electron chi connectivity index (χ4n) is 7.82. The number of hydrogen-bond donors (Lipinski definition) is 0. The molecule has 0 bridgehead atoms. The highest BCUT2D eigenvalue weighted by molar-refractivity contribution is 6.10. The molecule has 0 spiro atoms. The number of nitrogens with zero attached hydrogens (tertiary/aromatic N) is 5. The molecule has 7 aromatic carbocycles. The number of oxazole rings is 1. The van der Waals surface area contributed by atoms with E-state index in [1.165, 1.54) is 0 Å². The average molecular weight is 706 g/mol. The van der Waals surface area contributed by atoms with Crippen LogP contribution in [-0.2, 0) is 0 Å². The van der Waals surface area contributed by atoms with E-state index in [1.807, 2.05) is 60.7 Å². The van der Waals surface area contributed by atoms with Crippen molar-refractivity contribution < 1.29 is 4.42 Å². The highest BCUT2D eigenvalue weighted by Crippen LogP contribution is 2.39. The van der Waals surface area contributed by atoms with Crippen molar-refractivity contribution in [3.05, 3.63) is 188 Å². The van der Waals surface area contributed by atoms with E-state index in [1.54, 1.807) is 0 Å². The molecular weight excluding hydrogens is 675 g/mol. The molecule has 0 aliphatic heterocycles. The van der Waals surface area contributed by atoms with Gasteiger partial charge in [-0.05, 0) is 47.5 Å². The van der Waals surface area contributed by atoms with Crippen LogP contribution in [0.5, 0.6) is 0 Å². The summed E-state index contributed by atoms with van der Waals surface area (Å²) in [6, 6.07) is 65.0. The summed E-state index contributed by atoms with van der Waals surface area (Å²) in [4.78, 5) is 15.4. The van der Waals surface area contributed by atoms with E-state index in [4.69, 9.17) is 19.4 Å². The van der Waals surface area contributed by atoms with E-state index >= 15 is 0 Å². The Morgan fingerprint density at radius 3 is 1.60 bits per heavy atom. The summed E-state index contributed by atoms with van der Waals surface area (Å²) in [6.07, 6.45) is 0. The van der Waals surface area contributed by atoms with Gasteiger partial charge in [-0.2, -0.15) is 4.98 Å². The SMILES string of the molecule is c1ccc(-c2cc(-c3ccccc3)nc(-n3c4ccccc4c4cc(-c5ccc6oc7nc(-c8ccccc8)c(-c8ccccc8)n7c6c5)ccc43)n2)cc1. The fourth-order valence-corrected chi connectivity index (χ4v) is 7.82. The van der Waals surface area contributed by atoms with Gasteiger partial charge in [-0.15, -0.1) is 0 Å². The zero-order valence-corrected chi connectivity index (χ0v) is 29.5. The maximum absolute atomic E-state index is 6.41. The quantitative estimate of drug-likeness (QED) is 0.173. The summed E-state index contributed by atoms with van der Waals surface area (Å²) in [6.45, 7) is 0. The van der Waals surface area contributed by atoms with Gasteiger partial charge in [0.1, 0.15) is 5.69 Å². The zero-order chi connectivity index (χ0) is 36.3. The van der Waals surface area contributed by atoms with Crippen LogP contribution in [0.4, 0.5) is 0 Å². The van der Waals surface area contributed by atoms with Gasteiger partial charge < -0.3 is 4.42 Å². The fraction of sp³-hybridized carbons (Fsp3) is 0. The second-order valence-corrected chi connectivity index (χ2v) is 13.7. The van der Waals surface area contributed by atoms with Gasteiger partial charge in [-0.3, -0.25) is 8.97 Å². The number of benzene rings is 7. The van der Waals surface area contributed by atoms with Crippen LogP contribution in [0.1, 0.15) is 0 Å². The molecule has 0 saturated carbocycles. The third-order valence-electron chi connectivity index (χ3n) is 10.4. The molecule has 0 atom stereocenters. The summed E-state index contributed by atoms with van der Waals surface area (Å²) in [5, 5.41) is 2.26. The van der Waals surface area contributed by atoms with Crippen LogP contribution in [-0.4, -0.2) is 23.9 Å². The topological polar surface area (TPSA) is 61.2 Å². The second-order valence-electron chi connectivity index (χ2n) is 13.7. The first-order valence-electron chi connectivity index (χ1n) is 18.4. The van der Waals surface area contributed by atoms with Gasteiger partial charge in [-0.25, -0.2) is 9.97 Å². The Kier molecular flexibility index (Phi) is 7.07. The second kappa shape index (κ2) is 12.5. The predicted octanol–water partition coefficient (Wildman–Crippen LogP) is 12.3. The summed E-state index contributed by atoms with van der Waals surface area (Å²) >= 11 is 0. The molecule has 6 heteroatoms. The van der Waals surface area contributed by atoms with Crippen molar-refractivity contribution in [1.29, 1.82) is 0 Å². The maximum atomic E-state index is 6.41. The number of fused-ring (bicyclic) bond motifs is 6. The van der Waals surface area contributed by atoms with E-state index in [-0.39, 0.29) is 0 Å². The highest BCUT2D eigenvalue weighted by atomic mass is 16.4. The van der Waals surface area contributed by atoms with Crippen LogP contribution in [0, 0.1) is 0 Å². The Bertz CT molecular complexity index is 3120. The van der Waals surface area contributed by atoms with Crippen LogP contribution in [0.15, 0.2) is 192 Å². The van der Waals surface area contributed by atoms with Crippen molar-refractivity contribution in [2.24, 2.45) is 0 Å². The standard InChI is InChI=1S/C49H31N5O/c1-5-15-32(16-6-1)40-31-41(33-17-7-2-8-18-33)51-48(50-40)53-42-24-14-13-23-38(42)39-29-36(25-27-43(39)53)37-26-28-45-44(30-37)54-47(35-21-11-4-12-22-35)46(52-49(54)55-45)34-19-9-3-10-20-34/h1-31H. The minimum absolute atomic E-state index is 0.566. The molecule has 0 aliphatic carbocycles. The molecule has 11 aromatic rings. The Labute approximate surface area is 316 Å². The van der Waals surface area contributed by atoms with E-state index in [0.29, 0.717) is 11.8 Å². The zero-order valence-electron chi connectivity index (χ0n) is 29.5. The first-order chi connectivity index (χ1) is 27.3. The van der Waals surface area contributed by atoms with Crippen molar-refractivity contribution in [2.75, 3.05) is 0 Å². The van der Waals surface area contributed by atoms with E-state index in [9.17, 15) is 0 Å². The summed E-state index contributed by atoms with van der Waals surface area (Å²) in [7, 11) is 0. The van der Waals surface area contributed by atoms with Gasteiger partial charge in [-0.1, -0.05) is 152 Å². The van der Waals surface area contributed by atoms with Gasteiger partial charge in [0.05, 0.1) is 33.6 Å². The lowest BCUT2D eigenvalue weighted by atomic mass is 10.0. The van der Waals surface area contributed by atoms with E-state index in [0.717, 1.165) is 89.1 Å². The van der Waals surface area contributed by atoms with Crippen molar-refractivity contribution in [2.45, 2.75) is 0 Å². The Morgan fingerprint density at radius 2 is 0.927 bits per heavy atom. The highest BCUT2D eigenvalue weighted by Gasteiger charge is 2.22. The largest absolute Gasteiger partial charge is 0.423 e. The number of para-hydroxylation sites is 1. The Morgan fingerprint density at radius 1 is 0.382 bits per heavy atom. The molecule has 4 aromatic heterocycles. The van der Waals surface area contributed by atoms with Gasteiger partial charge in [0.25, 0.3) is 0 Å². The Hall–Kier alpha value is -7.57. The number of imidazole rings is 1. The molecule has 258 valence electrons. The number of hydrogen-bond acceptors (Lipinski definition) is 4. The third-order valence-corrected chi connectivity index (χ3v) is 10.4. The van der Waals surface area contributed by atoms with Crippen molar-refractivity contribution >= 4 is 38.7 Å². The molecule has 4 heterocycles. The average Bonchev–Trinajstić information content (AvgIpc) is 3.92. The molecular formula is C49H31N5O. The molecule has 0 amide bonds. The Balaban J connectivity index is 1.10. The molecule has 0 radical (unpaired) electrons. The lowest BCUT2D eigenvalue weighted by molar-refractivity contribution is 0.642. The number of aromatic nitrogens is 5. The van der Waals surface area contributed by atoms with Crippen LogP contribution < -0.4 is 0 Å². The lowest BCUT2D eigenvalue weighted by Gasteiger charge is -2.12. The summed E-state index contributed by atoms with van der Waals surface area (Å²) < 4.78 is 10.8. The predicted molar refractivity (Wildman–Crippen MR) is 222 cm³/mol. The molecule has 11 rings (SSSR count). The van der Waals surface area contributed by atoms with Crippen LogP contribution in [0.2, 0.25) is 0 Å². The molecule has 0 N–H and O–H groups in total. The molecule has 6 nitrogen and oxygen atoms in total. The molecule has 0 saturated heterocycles. The molecule has 0 unspecified atom stereocenters. The van der Waals surface area contributed by atoms with Gasteiger partial charge in [0, 0.05) is 33.0 Å². The van der Waals surface area contributed by atoms with Crippen molar-refractivity contribution in [1.82, 2.24) is 23.9 Å². The maximum Gasteiger partial charge on any atom is 0.307 e. The van der Waals surface area contributed by atoms with Crippen LogP contribution >= 0.6 is 0 Å². The van der Waals surface area contributed by atoms with Crippen LogP contribution in [0.3, 0.4) is 0 Å². The third kappa shape index (κ3) is 5.15. The lowest BCUT2D eigenvalue weighted by Crippen LogP contribution is -2.03. The molecule has 55 heavy (non-hydrogen) atoms. The van der Waals surface area contributed by atoms with E-state index in [2.05, 4.69) is 136 Å². The van der Waals surface area contributed by atoms with Gasteiger partial charge in [0.15, 0.2) is 5.58 Å². The monoisotopic (exact) mass is 705 g/mol. The minimum Gasteiger partial charge on any atom is -0.423 e.